The molecule has 0 saturated heterocycles. The van der Waals surface area contributed by atoms with Crippen LogP contribution in [0.2, 0.25) is 5.02 Å². The molecule has 0 saturated carbocycles. The van der Waals surface area contributed by atoms with Crippen molar-refractivity contribution in [2.75, 3.05) is 6.54 Å². The zero-order valence-corrected chi connectivity index (χ0v) is 15.7. The molecule has 1 aromatic heterocycles. The number of carbonyl (C=O) groups excluding carboxylic acids is 1. The third kappa shape index (κ3) is 3.22. The topological polar surface area (TPSA) is 63.4 Å². The Kier molecular flexibility index (Phi) is 4.68. The van der Waals surface area contributed by atoms with E-state index in [1.165, 1.54) is 17.0 Å². The van der Waals surface area contributed by atoms with Gasteiger partial charge < -0.3 is 4.90 Å². The maximum absolute atomic E-state index is 13.3. The minimum atomic E-state index is -0.568. The molecule has 3 aromatic rings. The number of benzene rings is 2. The predicted octanol–water partition coefficient (Wildman–Crippen LogP) is 5.10. The number of rotatable bonds is 3. The van der Waals surface area contributed by atoms with Crippen molar-refractivity contribution in [3.8, 4) is 0 Å². The maximum atomic E-state index is 13.3. The maximum Gasteiger partial charge on any atom is 0.288 e. The zero-order valence-electron chi connectivity index (χ0n) is 14.2. The van der Waals surface area contributed by atoms with Gasteiger partial charge in [0.25, 0.3) is 11.6 Å². The van der Waals surface area contributed by atoms with Crippen molar-refractivity contribution in [1.82, 2.24) is 4.90 Å². The van der Waals surface area contributed by atoms with Crippen LogP contribution in [-0.4, -0.2) is 22.3 Å². The minimum Gasteiger partial charge on any atom is -0.327 e. The van der Waals surface area contributed by atoms with Crippen molar-refractivity contribution in [2.45, 2.75) is 12.5 Å². The number of amides is 1. The highest BCUT2D eigenvalue weighted by Gasteiger charge is 2.33. The van der Waals surface area contributed by atoms with Crippen LogP contribution in [0.4, 0.5) is 5.69 Å². The molecule has 4 rings (SSSR count). The number of carbonyl (C=O) groups is 1. The van der Waals surface area contributed by atoms with Crippen LogP contribution in [0.1, 0.15) is 32.4 Å². The molecule has 0 radical (unpaired) electrons. The largest absolute Gasteiger partial charge is 0.327 e. The van der Waals surface area contributed by atoms with Crippen molar-refractivity contribution >= 4 is 34.5 Å². The Labute approximate surface area is 165 Å². The van der Waals surface area contributed by atoms with E-state index in [0.29, 0.717) is 6.54 Å². The number of hydrogen-bond acceptors (Lipinski definition) is 4. The fraction of sp³-hybridized carbons (Fsp3) is 0.150. The number of nitrogens with zero attached hydrogens (tertiary/aromatic N) is 2. The summed E-state index contributed by atoms with van der Waals surface area (Å²) in [5, 5.41) is 13.3. The lowest BCUT2D eigenvalue weighted by Crippen LogP contribution is -2.40. The van der Waals surface area contributed by atoms with E-state index in [2.05, 4.69) is 6.07 Å². The van der Waals surface area contributed by atoms with Gasteiger partial charge in [0.1, 0.15) is 5.02 Å². The normalized spacial score (nSPS) is 16.0. The van der Waals surface area contributed by atoms with Gasteiger partial charge in [0.05, 0.1) is 11.0 Å². The van der Waals surface area contributed by atoms with E-state index in [0.717, 1.165) is 17.5 Å². The second-order valence-corrected chi connectivity index (χ2v) is 7.69. The summed E-state index contributed by atoms with van der Waals surface area (Å²) < 4.78 is 0. The van der Waals surface area contributed by atoms with Crippen LogP contribution in [0.5, 0.6) is 0 Å². The average molecular weight is 399 g/mol. The van der Waals surface area contributed by atoms with Gasteiger partial charge in [-0.15, -0.1) is 11.3 Å². The first-order valence-electron chi connectivity index (χ1n) is 8.42. The van der Waals surface area contributed by atoms with E-state index in [-0.39, 0.29) is 28.2 Å². The van der Waals surface area contributed by atoms with Crippen LogP contribution >= 0.6 is 22.9 Å². The summed E-state index contributed by atoms with van der Waals surface area (Å²) in [4.78, 5) is 26.9. The fourth-order valence-corrected chi connectivity index (χ4v) is 4.57. The van der Waals surface area contributed by atoms with Gasteiger partial charge in [-0.1, -0.05) is 41.9 Å². The average Bonchev–Trinajstić information content (AvgIpc) is 3.16. The van der Waals surface area contributed by atoms with Gasteiger partial charge in [-0.3, -0.25) is 14.9 Å². The van der Waals surface area contributed by atoms with Crippen molar-refractivity contribution in [2.24, 2.45) is 0 Å². The Hall–Kier alpha value is -2.70. The number of thiophene rings is 1. The highest BCUT2D eigenvalue weighted by Crippen LogP contribution is 2.38. The summed E-state index contributed by atoms with van der Waals surface area (Å²) in [5.41, 5.74) is 2.15. The molecule has 1 aliphatic heterocycles. The third-order valence-corrected chi connectivity index (χ3v) is 6.05. The number of fused-ring (bicyclic) bond motifs is 1. The van der Waals surface area contributed by atoms with Crippen molar-refractivity contribution in [1.29, 1.82) is 0 Å². The second kappa shape index (κ2) is 7.13. The molecule has 1 amide bonds. The van der Waals surface area contributed by atoms with Crippen LogP contribution in [0, 0.1) is 10.1 Å². The van der Waals surface area contributed by atoms with Gasteiger partial charge in [0.2, 0.25) is 0 Å². The van der Waals surface area contributed by atoms with E-state index < -0.39 is 4.92 Å². The first kappa shape index (κ1) is 17.7. The third-order valence-electron chi connectivity index (χ3n) is 4.73. The van der Waals surface area contributed by atoms with E-state index >= 15 is 0 Å². The van der Waals surface area contributed by atoms with Gasteiger partial charge in [-0.05, 0) is 41.1 Å². The molecule has 5 nitrogen and oxygen atoms in total. The van der Waals surface area contributed by atoms with E-state index in [4.69, 9.17) is 11.6 Å². The number of halogens is 1. The Morgan fingerprint density at radius 3 is 2.70 bits per heavy atom. The van der Waals surface area contributed by atoms with Crippen molar-refractivity contribution in [3.63, 3.8) is 0 Å². The fourth-order valence-electron chi connectivity index (χ4n) is 3.48. The van der Waals surface area contributed by atoms with Gasteiger partial charge >= 0.3 is 0 Å². The molecule has 27 heavy (non-hydrogen) atoms. The lowest BCUT2D eigenvalue weighted by Gasteiger charge is -2.36. The Morgan fingerprint density at radius 1 is 1.19 bits per heavy atom. The summed E-state index contributed by atoms with van der Waals surface area (Å²) in [6.45, 7) is 0.558. The Balaban J connectivity index is 1.77. The molecule has 136 valence electrons. The van der Waals surface area contributed by atoms with Gasteiger partial charge in [0, 0.05) is 23.1 Å². The summed E-state index contributed by atoms with van der Waals surface area (Å²) in [7, 11) is 0. The number of nitro groups is 1. The monoisotopic (exact) mass is 398 g/mol. The molecule has 2 aromatic carbocycles. The molecule has 0 unspecified atom stereocenters. The summed E-state index contributed by atoms with van der Waals surface area (Å²) >= 11 is 7.59. The van der Waals surface area contributed by atoms with Gasteiger partial charge in [-0.25, -0.2) is 0 Å². The molecule has 0 spiro atoms. The zero-order chi connectivity index (χ0) is 19.0. The molecule has 2 heterocycles. The van der Waals surface area contributed by atoms with E-state index in [9.17, 15) is 14.9 Å². The SMILES string of the molecule is O=C(c1ccc(Cl)c([N+](=O)[O-])c1)N1CCc2sccc2[C@H]1c1ccccc1. The van der Waals surface area contributed by atoms with E-state index in [1.807, 2.05) is 35.7 Å². The molecular weight excluding hydrogens is 384 g/mol. The lowest BCUT2D eigenvalue weighted by atomic mass is 9.92. The highest BCUT2D eigenvalue weighted by atomic mass is 35.5. The van der Waals surface area contributed by atoms with Crippen LogP contribution in [0.3, 0.4) is 0 Å². The van der Waals surface area contributed by atoms with Crippen molar-refractivity contribution in [3.05, 3.63) is 96.7 Å². The first-order valence-corrected chi connectivity index (χ1v) is 9.68. The first-order chi connectivity index (χ1) is 13.1. The van der Waals surface area contributed by atoms with Gasteiger partial charge in [0.15, 0.2) is 0 Å². The van der Waals surface area contributed by atoms with Crippen LogP contribution in [0.25, 0.3) is 0 Å². The molecule has 1 aliphatic rings. The number of hydrogen-bond donors (Lipinski definition) is 0. The summed E-state index contributed by atoms with van der Waals surface area (Å²) in [6.07, 6.45) is 0.776. The molecule has 0 N–H and O–H groups in total. The van der Waals surface area contributed by atoms with E-state index in [1.54, 1.807) is 22.3 Å². The van der Waals surface area contributed by atoms with Crippen LogP contribution in [0.15, 0.2) is 60.0 Å². The van der Waals surface area contributed by atoms with Crippen molar-refractivity contribution < 1.29 is 9.72 Å². The smallest absolute Gasteiger partial charge is 0.288 e. The van der Waals surface area contributed by atoms with Gasteiger partial charge in [-0.2, -0.15) is 0 Å². The molecule has 0 fully saturated rings. The molecule has 0 bridgehead atoms. The highest BCUT2D eigenvalue weighted by molar-refractivity contribution is 7.10. The predicted molar refractivity (Wildman–Crippen MR) is 105 cm³/mol. The van der Waals surface area contributed by atoms with Crippen LogP contribution < -0.4 is 0 Å². The Morgan fingerprint density at radius 2 is 1.96 bits per heavy atom. The summed E-state index contributed by atoms with van der Waals surface area (Å²) in [5.74, 6) is -0.236. The molecule has 1 atom stereocenters. The Bertz CT molecular complexity index is 1020. The molecule has 0 aliphatic carbocycles. The lowest BCUT2D eigenvalue weighted by molar-refractivity contribution is -0.384. The quantitative estimate of drug-likeness (QED) is 0.455. The standard InChI is InChI=1S/C20H15ClN2O3S/c21-16-7-6-14(12-17(16)23(25)26)20(24)22-10-8-18-15(9-11-27-18)19(22)13-4-2-1-3-5-13/h1-7,9,11-12,19H,8,10H2/t19-/m1/s1. The molecule has 7 heteroatoms. The minimum absolute atomic E-state index is 0.0231. The summed E-state index contributed by atoms with van der Waals surface area (Å²) in [6, 6.07) is 15.9. The second-order valence-electron chi connectivity index (χ2n) is 6.28. The van der Waals surface area contributed by atoms with Crippen LogP contribution in [-0.2, 0) is 6.42 Å². The molecular formula is C20H15ClN2O3S. The number of nitro benzene ring substituents is 1.